The maximum absolute atomic E-state index is 5.80. The predicted octanol–water partition coefficient (Wildman–Crippen LogP) is 2.89. The van der Waals surface area contributed by atoms with Crippen LogP contribution in [0, 0.1) is 6.92 Å². The number of aryl methyl sites for hydroxylation is 1. The van der Waals surface area contributed by atoms with Gasteiger partial charge in [-0.15, -0.1) is 11.3 Å². The third-order valence-electron chi connectivity index (χ3n) is 3.67. The lowest BCUT2D eigenvalue weighted by molar-refractivity contribution is 0.355. The molecule has 0 bridgehead atoms. The molecular weight excluding hydrogens is 298 g/mol. The van der Waals surface area contributed by atoms with Crippen LogP contribution >= 0.6 is 11.3 Å². The number of fused-ring (bicyclic) bond motifs is 1. The molecule has 0 spiro atoms. The van der Waals surface area contributed by atoms with E-state index in [2.05, 4.69) is 16.7 Å². The van der Waals surface area contributed by atoms with Gasteiger partial charge in [-0.2, -0.15) is 0 Å². The monoisotopic (exact) mass is 317 g/mol. The van der Waals surface area contributed by atoms with E-state index in [4.69, 9.17) is 20.2 Å². The van der Waals surface area contributed by atoms with Gasteiger partial charge in [0, 0.05) is 23.1 Å². The second kappa shape index (κ2) is 5.98. The number of aromatic nitrogens is 2. The SMILES string of the molecule is COc1ccc(-c2nc3scc(C)n3c2CCN)cc1OC. The topological polar surface area (TPSA) is 61.8 Å². The molecule has 2 N–H and O–H groups in total. The molecule has 3 aromatic rings. The molecule has 0 aliphatic carbocycles. The highest BCUT2D eigenvalue weighted by atomic mass is 32.1. The van der Waals surface area contributed by atoms with Crippen molar-refractivity contribution in [2.75, 3.05) is 20.8 Å². The number of benzene rings is 1. The lowest BCUT2D eigenvalue weighted by Gasteiger charge is -2.10. The Kier molecular flexibility index (Phi) is 4.04. The van der Waals surface area contributed by atoms with E-state index in [-0.39, 0.29) is 0 Å². The number of methoxy groups -OCH3 is 2. The van der Waals surface area contributed by atoms with Crippen LogP contribution in [0.2, 0.25) is 0 Å². The quantitative estimate of drug-likeness (QED) is 0.786. The zero-order chi connectivity index (χ0) is 15.7. The molecule has 0 aliphatic rings. The summed E-state index contributed by atoms with van der Waals surface area (Å²) in [6.07, 6.45) is 0.780. The van der Waals surface area contributed by atoms with Gasteiger partial charge < -0.3 is 15.2 Å². The summed E-state index contributed by atoms with van der Waals surface area (Å²) in [5.74, 6) is 1.41. The van der Waals surface area contributed by atoms with Crippen molar-refractivity contribution >= 4 is 16.3 Å². The highest BCUT2D eigenvalue weighted by molar-refractivity contribution is 7.15. The Morgan fingerprint density at radius 2 is 2.00 bits per heavy atom. The van der Waals surface area contributed by atoms with E-state index in [1.54, 1.807) is 25.6 Å². The van der Waals surface area contributed by atoms with Crippen LogP contribution in [0.3, 0.4) is 0 Å². The van der Waals surface area contributed by atoms with Gasteiger partial charge in [-0.05, 0) is 31.7 Å². The molecule has 6 heteroatoms. The van der Waals surface area contributed by atoms with Gasteiger partial charge in [0.25, 0.3) is 0 Å². The fourth-order valence-electron chi connectivity index (χ4n) is 2.65. The zero-order valence-electron chi connectivity index (χ0n) is 12.9. The standard InChI is InChI=1S/C16H19N3O2S/c1-10-9-22-16-18-15(12(6-7-17)19(10)16)11-4-5-13(20-2)14(8-11)21-3/h4-5,8-9H,6-7,17H2,1-3H3. The van der Waals surface area contributed by atoms with Gasteiger partial charge in [-0.25, -0.2) is 4.98 Å². The van der Waals surface area contributed by atoms with E-state index in [1.165, 1.54) is 5.69 Å². The van der Waals surface area contributed by atoms with Gasteiger partial charge in [0.1, 0.15) is 0 Å². The largest absolute Gasteiger partial charge is 0.493 e. The van der Waals surface area contributed by atoms with Crippen molar-refractivity contribution in [2.45, 2.75) is 13.3 Å². The first-order valence-electron chi connectivity index (χ1n) is 7.07. The Labute approximate surface area is 133 Å². The molecule has 2 aromatic heterocycles. The second-order valence-electron chi connectivity index (χ2n) is 5.01. The van der Waals surface area contributed by atoms with Crippen LogP contribution < -0.4 is 15.2 Å². The molecule has 0 amide bonds. The Morgan fingerprint density at radius 3 is 2.68 bits per heavy atom. The maximum Gasteiger partial charge on any atom is 0.194 e. The normalized spacial score (nSPS) is 11.1. The summed E-state index contributed by atoms with van der Waals surface area (Å²) in [5, 5.41) is 2.11. The van der Waals surface area contributed by atoms with Crippen molar-refractivity contribution in [1.29, 1.82) is 0 Å². The van der Waals surface area contributed by atoms with Crippen molar-refractivity contribution in [3.63, 3.8) is 0 Å². The number of imidazole rings is 1. The Bertz CT molecular complexity index is 807. The van der Waals surface area contributed by atoms with E-state index in [1.807, 2.05) is 18.2 Å². The van der Waals surface area contributed by atoms with Crippen LogP contribution in [-0.4, -0.2) is 30.1 Å². The molecule has 0 fully saturated rings. The van der Waals surface area contributed by atoms with Crippen molar-refractivity contribution in [2.24, 2.45) is 5.73 Å². The summed E-state index contributed by atoms with van der Waals surface area (Å²) >= 11 is 1.64. The highest BCUT2D eigenvalue weighted by Gasteiger charge is 2.17. The minimum absolute atomic E-state index is 0.587. The van der Waals surface area contributed by atoms with Crippen molar-refractivity contribution < 1.29 is 9.47 Å². The third-order valence-corrected chi connectivity index (χ3v) is 4.61. The summed E-state index contributed by atoms with van der Waals surface area (Å²) in [7, 11) is 3.27. The molecule has 22 heavy (non-hydrogen) atoms. The van der Waals surface area contributed by atoms with Gasteiger partial charge in [-0.1, -0.05) is 0 Å². The molecule has 1 aromatic carbocycles. The summed E-state index contributed by atoms with van der Waals surface area (Å²) in [6, 6.07) is 5.87. The number of rotatable bonds is 5. The van der Waals surface area contributed by atoms with Crippen LogP contribution in [0.4, 0.5) is 0 Å². The number of ether oxygens (including phenoxy) is 2. The Hall–Kier alpha value is -2.05. The zero-order valence-corrected chi connectivity index (χ0v) is 13.7. The average molecular weight is 317 g/mol. The number of hydrogen-bond acceptors (Lipinski definition) is 5. The number of thiazole rings is 1. The summed E-state index contributed by atoms with van der Waals surface area (Å²) in [4.78, 5) is 5.77. The van der Waals surface area contributed by atoms with Gasteiger partial charge in [-0.3, -0.25) is 4.40 Å². The molecule has 3 rings (SSSR count). The lowest BCUT2D eigenvalue weighted by Crippen LogP contribution is -2.06. The summed E-state index contributed by atoms with van der Waals surface area (Å²) in [6.45, 7) is 2.67. The molecule has 0 radical (unpaired) electrons. The van der Waals surface area contributed by atoms with E-state index >= 15 is 0 Å². The molecule has 0 saturated heterocycles. The number of hydrogen-bond donors (Lipinski definition) is 1. The first kappa shape index (κ1) is 14.9. The summed E-state index contributed by atoms with van der Waals surface area (Å²) < 4.78 is 12.9. The summed E-state index contributed by atoms with van der Waals surface area (Å²) in [5.41, 5.74) is 10.1. The number of nitrogens with zero attached hydrogens (tertiary/aromatic N) is 2. The smallest absolute Gasteiger partial charge is 0.194 e. The van der Waals surface area contributed by atoms with Gasteiger partial charge in [0.15, 0.2) is 16.5 Å². The molecular formula is C16H19N3O2S. The van der Waals surface area contributed by atoms with Crippen molar-refractivity contribution in [3.05, 3.63) is 35.0 Å². The molecule has 2 heterocycles. The van der Waals surface area contributed by atoms with Crippen molar-refractivity contribution in [1.82, 2.24) is 9.38 Å². The van der Waals surface area contributed by atoms with Crippen LogP contribution in [-0.2, 0) is 6.42 Å². The van der Waals surface area contributed by atoms with Crippen LogP contribution in [0.15, 0.2) is 23.6 Å². The van der Waals surface area contributed by atoms with E-state index in [0.29, 0.717) is 18.0 Å². The first-order valence-corrected chi connectivity index (χ1v) is 7.95. The van der Waals surface area contributed by atoms with E-state index in [0.717, 1.165) is 28.3 Å². The Balaban J connectivity index is 2.19. The van der Waals surface area contributed by atoms with Crippen molar-refractivity contribution in [3.8, 4) is 22.8 Å². The van der Waals surface area contributed by atoms with Gasteiger partial charge in [0.2, 0.25) is 0 Å². The molecule has 5 nitrogen and oxygen atoms in total. The number of nitrogens with two attached hydrogens (primary N) is 1. The van der Waals surface area contributed by atoms with Crippen LogP contribution in [0.1, 0.15) is 11.4 Å². The second-order valence-corrected chi connectivity index (χ2v) is 5.85. The van der Waals surface area contributed by atoms with E-state index in [9.17, 15) is 0 Å². The van der Waals surface area contributed by atoms with Crippen LogP contribution in [0.25, 0.3) is 16.2 Å². The minimum atomic E-state index is 0.587. The molecule has 0 saturated carbocycles. The maximum atomic E-state index is 5.80. The predicted molar refractivity (Wildman–Crippen MR) is 89.1 cm³/mol. The Morgan fingerprint density at radius 1 is 1.23 bits per heavy atom. The highest BCUT2D eigenvalue weighted by Crippen LogP contribution is 2.34. The molecule has 0 unspecified atom stereocenters. The van der Waals surface area contributed by atoms with Crippen LogP contribution in [0.5, 0.6) is 11.5 Å². The van der Waals surface area contributed by atoms with E-state index < -0.39 is 0 Å². The molecule has 0 aliphatic heterocycles. The average Bonchev–Trinajstić information content (AvgIpc) is 3.08. The lowest BCUT2D eigenvalue weighted by atomic mass is 10.1. The fraction of sp³-hybridized carbons (Fsp3) is 0.312. The minimum Gasteiger partial charge on any atom is -0.493 e. The molecule has 0 atom stereocenters. The fourth-order valence-corrected chi connectivity index (χ4v) is 3.53. The van der Waals surface area contributed by atoms with Gasteiger partial charge in [0.05, 0.1) is 25.6 Å². The first-order chi connectivity index (χ1) is 10.7. The third kappa shape index (κ3) is 2.34. The molecule has 116 valence electrons. The van der Waals surface area contributed by atoms with Gasteiger partial charge >= 0.3 is 0 Å².